The maximum atomic E-state index is 13.3. The molecular weight excluding hydrogens is 328 g/mol. The van der Waals surface area contributed by atoms with Crippen molar-refractivity contribution < 1.29 is 22.0 Å². The van der Waals surface area contributed by atoms with Crippen molar-refractivity contribution in [2.24, 2.45) is 0 Å². The Hall–Kier alpha value is -1.58. The molecular formula is C14H17F2N3O3S. The molecule has 23 heavy (non-hydrogen) atoms. The van der Waals surface area contributed by atoms with Gasteiger partial charge in [0, 0.05) is 38.8 Å². The molecule has 0 radical (unpaired) electrons. The lowest BCUT2D eigenvalue weighted by molar-refractivity contribution is -0.128. The van der Waals surface area contributed by atoms with Crippen LogP contribution in [0.4, 0.5) is 8.78 Å². The predicted molar refractivity (Wildman–Crippen MR) is 78.1 cm³/mol. The Bertz CT molecular complexity index is 706. The van der Waals surface area contributed by atoms with Crippen molar-refractivity contribution in [2.75, 3.05) is 32.7 Å². The van der Waals surface area contributed by atoms with Gasteiger partial charge in [0.2, 0.25) is 15.9 Å². The Morgan fingerprint density at radius 1 is 1.09 bits per heavy atom. The van der Waals surface area contributed by atoms with Crippen LogP contribution in [-0.2, 0) is 14.8 Å². The highest BCUT2D eigenvalue weighted by Crippen LogP contribution is 2.22. The summed E-state index contributed by atoms with van der Waals surface area (Å²) < 4.78 is 53.2. The van der Waals surface area contributed by atoms with E-state index in [4.69, 9.17) is 0 Å². The molecule has 1 N–H and O–H groups in total. The Morgan fingerprint density at radius 3 is 2.48 bits per heavy atom. The average Bonchev–Trinajstić information content (AvgIpc) is 2.70. The quantitative estimate of drug-likeness (QED) is 0.829. The van der Waals surface area contributed by atoms with Gasteiger partial charge >= 0.3 is 0 Å². The van der Waals surface area contributed by atoms with E-state index in [1.807, 2.05) is 4.90 Å². The molecule has 126 valence electrons. The summed E-state index contributed by atoms with van der Waals surface area (Å²) in [6, 6.07) is 1.64. The molecule has 9 heteroatoms. The number of nitrogens with zero attached hydrogens (tertiary/aromatic N) is 2. The number of benzene rings is 1. The first-order valence-electron chi connectivity index (χ1n) is 7.36. The van der Waals surface area contributed by atoms with Crippen molar-refractivity contribution >= 4 is 15.9 Å². The summed E-state index contributed by atoms with van der Waals surface area (Å²) in [4.78, 5) is 13.5. The van der Waals surface area contributed by atoms with Gasteiger partial charge in [0.1, 0.15) is 17.7 Å². The summed E-state index contributed by atoms with van der Waals surface area (Å²) in [5.74, 6) is -2.12. The standard InChI is InChI=1S/C14H17F2N3O3S/c15-10-6-11(16)8-12(7-10)23(21,22)19-4-1-3-18-5-2-17-14(20)13(18)9-19/h6-8,13H,1-5,9H2,(H,17,20). The second-order valence-electron chi connectivity index (χ2n) is 5.66. The molecule has 2 fully saturated rings. The van der Waals surface area contributed by atoms with E-state index in [9.17, 15) is 22.0 Å². The number of hydrogen-bond acceptors (Lipinski definition) is 4. The zero-order valence-electron chi connectivity index (χ0n) is 12.3. The maximum absolute atomic E-state index is 13.3. The van der Waals surface area contributed by atoms with E-state index in [-0.39, 0.29) is 19.0 Å². The van der Waals surface area contributed by atoms with E-state index in [0.29, 0.717) is 32.1 Å². The molecule has 2 heterocycles. The lowest BCUT2D eigenvalue weighted by Gasteiger charge is -2.34. The topological polar surface area (TPSA) is 69.7 Å². The number of piperazine rings is 1. The highest BCUT2D eigenvalue weighted by atomic mass is 32.2. The number of fused-ring (bicyclic) bond motifs is 1. The minimum Gasteiger partial charge on any atom is -0.353 e. The number of amides is 1. The number of carbonyl (C=O) groups is 1. The van der Waals surface area contributed by atoms with E-state index < -0.39 is 32.6 Å². The zero-order valence-corrected chi connectivity index (χ0v) is 13.2. The van der Waals surface area contributed by atoms with Crippen LogP contribution in [0.5, 0.6) is 0 Å². The van der Waals surface area contributed by atoms with Crippen LogP contribution < -0.4 is 5.32 Å². The van der Waals surface area contributed by atoms with E-state index in [0.717, 1.165) is 16.4 Å². The van der Waals surface area contributed by atoms with Gasteiger partial charge < -0.3 is 5.32 Å². The third-order valence-electron chi connectivity index (χ3n) is 4.14. The van der Waals surface area contributed by atoms with Gasteiger partial charge in [-0.05, 0) is 18.6 Å². The Kier molecular flexibility index (Phi) is 4.35. The lowest BCUT2D eigenvalue weighted by Crippen LogP contribution is -2.58. The van der Waals surface area contributed by atoms with E-state index in [1.54, 1.807) is 0 Å². The molecule has 0 bridgehead atoms. The summed E-state index contributed by atoms with van der Waals surface area (Å²) >= 11 is 0. The summed E-state index contributed by atoms with van der Waals surface area (Å²) in [5, 5.41) is 2.72. The van der Waals surface area contributed by atoms with Gasteiger partial charge in [-0.2, -0.15) is 4.31 Å². The third kappa shape index (κ3) is 3.22. The monoisotopic (exact) mass is 345 g/mol. The Balaban J connectivity index is 1.91. The van der Waals surface area contributed by atoms with Crippen LogP contribution in [0.25, 0.3) is 0 Å². The molecule has 1 aromatic carbocycles. The van der Waals surface area contributed by atoms with Gasteiger partial charge in [0.05, 0.1) is 4.90 Å². The number of hydrogen-bond donors (Lipinski definition) is 1. The molecule has 6 nitrogen and oxygen atoms in total. The molecule has 1 atom stereocenters. The second-order valence-corrected chi connectivity index (χ2v) is 7.60. The maximum Gasteiger partial charge on any atom is 0.243 e. The van der Waals surface area contributed by atoms with E-state index >= 15 is 0 Å². The van der Waals surface area contributed by atoms with Crippen LogP contribution in [0.15, 0.2) is 23.1 Å². The fourth-order valence-electron chi connectivity index (χ4n) is 3.01. The van der Waals surface area contributed by atoms with Gasteiger partial charge in [-0.3, -0.25) is 9.69 Å². The predicted octanol–water partition coefficient (Wildman–Crippen LogP) is 0.160. The summed E-state index contributed by atoms with van der Waals surface area (Å²) in [6.07, 6.45) is 0.556. The van der Waals surface area contributed by atoms with Crippen molar-refractivity contribution in [1.29, 1.82) is 0 Å². The number of sulfonamides is 1. The van der Waals surface area contributed by atoms with Crippen LogP contribution >= 0.6 is 0 Å². The largest absolute Gasteiger partial charge is 0.353 e. The highest BCUT2D eigenvalue weighted by Gasteiger charge is 2.37. The summed E-state index contributed by atoms with van der Waals surface area (Å²) in [7, 11) is -4.06. The Morgan fingerprint density at radius 2 is 1.78 bits per heavy atom. The van der Waals surface area contributed by atoms with Crippen molar-refractivity contribution in [3.05, 3.63) is 29.8 Å². The summed E-state index contributed by atoms with van der Waals surface area (Å²) in [6.45, 7) is 2.00. The van der Waals surface area contributed by atoms with Crippen molar-refractivity contribution in [2.45, 2.75) is 17.4 Å². The van der Waals surface area contributed by atoms with Crippen molar-refractivity contribution in [3.8, 4) is 0 Å². The molecule has 1 unspecified atom stereocenters. The van der Waals surface area contributed by atoms with Crippen molar-refractivity contribution in [1.82, 2.24) is 14.5 Å². The van der Waals surface area contributed by atoms with E-state index in [2.05, 4.69) is 5.32 Å². The lowest BCUT2D eigenvalue weighted by atomic mass is 10.2. The molecule has 0 saturated carbocycles. The van der Waals surface area contributed by atoms with Crippen LogP contribution in [0, 0.1) is 11.6 Å². The Labute approximate surface area is 133 Å². The first-order valence-corrected chi connectivity index (χ1v) is 8.80. The molecule has 2 saturated heterocycles. The number of carbonyl (C=O) groups excluding carboxylic acids is 1. The van der Waals surface area contributed by atoms with Crippen LogP contribution in [-0.4, -0.2) is 62.3 Å². The fraction of sp³-hybridized carbons (Fsp3) is 0.500. The van der Waals surface area contributed by atoms with Crippen molar-refractivity contribution in [3.63, 3.8) is 0 Å². The smallest absolute Gasteiger partial charge is 0.243 e. The highest BCUT2D eigenvalue weighted by molar-refractivity contribution is 7.89. The van der Waals surface area contributed by atoms with Crippen LogP contribution in [0.3, 0.4) is 0 Å². The molecule has 1 amide bonds. The van der Waals surface area contributed by atoms with Gasteiger partial charge in [0.25, 0.3) is 0 Å². The third-order valence-corrected chi connectivity index (χ3v) is 5.99. The number of halogens is 2. The fourth-order valence-corrected chi connectivity index (χ4v) is 4.54. The molecule has 2 aliphatic rings. The van der Waals surface area contributed by atoms with Gasteiger partial charge in [0.15, 0.2) is 0 Å². The summed E-state index contributed by atoms with van der Waals surface area (Å²) in [5.41, 5.74) is 0. The van der Waals surface area contributed by atoms with Gasteiger partial charge in [-0.25, -0.2) is 17.2 Å². The minimum atomic E-state index is -4.06. The van der Waals surface area contributed by atoms with Crippen LogP contribution in [0.1, 0.15) is 6.42 Å². The van der Waals surface area contributed by atoms with E-state index in [1.165, 1.54) is 0 Å². The van der Waals surface area contributed by atoms with Gasteiger partial charge in [-0.15, -0.1) is 0 Å². The molecule has 1 aromatic rings. The zero-order chi connectivity index (χ0) is 16.6. The normalized spacial score (nSPS) is 23.9. The minimum absolute atomic E-state index is 0.0215. The van der Waals surface area contributed by atoms with Gasteiger partial charge in [-0.1, -0.05) is 0 Å². The average molecular weight is 345 g/mol. The molecule has 0 spiro atoms. The first-order chi connectivity index (χ1) is 10.9. The SMILES string of the molecule is O=C1NCCN2CCCN(S(=O)(=O)c3cc(F)cc(F)c3)CC12. The first kappa shape index (κ1) is 16.3. The molecule has 0 aromatic heterocycles. The molecule has 0 aliphatic carbocycles. The second kappa shape index (κ2) is 6.14. The number of rotatable bonds is 2. The molecule has 3 rings (SSSR count). The number of nitrogens with one attached hydrogen (secondary N) is 1. The molecule has 2 aliphatic heterocycles. The van der Waals surface area contributed by atoms with Crippen LogP contribution in [0.2, 0.25) is 0 Å².